The number of carbonyl (C=O) groups is 2. The highest BCUT2D eigenvalue weighted by molar-refractivity contribution is 7.13. The van der Waals surface area contributed by atoms with E-state index in [0.29, 0.717) is 30.5 Å². The molecule has 0 atom stereocenters. The Morgan fingerprint density at radius 2 is 2.07 bits per heavy atom. The van der Waals surface area contributed by atoms with E-state index in [1.165, 1.54) is 11.3 Å². The van der Waals surface area contributed by atoms with Crippen molar-refractivity contribution in [1.29, 1.82) is 0 Å². The van der Waals surface area contributed by atoms with Gasteiger partial charge in [-0.2, -0.15) is 0 Å². The lowest BCUT2D eigenvalue weighted by Gasteiger charge is -2.20. The summed E-state index contributed by atoms with van der Waals surface area (Å²) in [5.41, 5.74) is 1.22. The maximum absolute atomic E-state index is 12.6. The molecule has 158 valence electrons. The van der Waals surface area contributed by atoms with Crippen molar-refractivity contribution in [2.75, 3.05) is 20.3 Å². The Bertz CT molecular complexity index is 971. The molecule has 0 aliphatic heterocycles. The van der Waals surface area contributed by atoms with Crippen LogP contribution < -0.4 is 0 Å². The summed E-state index contributed by atoms with van der Waals surface area (Å²) >= 11 is 1.50. The van der Waals surface area contributed by atoms with Gasteiger partial charge in [-0.25, -0.2) is 4.79 Å². The van der Waals surface area contributed by atoms with E-state index < -0.39 is 5.97 Å². The molecule has 30 heavy (non-hydrogen) atoms. The number of hydrogen-bond acceptors (Lipinski definition) is 8. The summed E-state index contributed by atoms with van der Waals surface area (Å²) in [5, 5.41) is 9.97. The largest absolute Gasteiger partial charge is 0.452 e. The molecule has 9 heteroatoms. The van der Waals surface area contributed by atoms with Gasteiger partial charge in [-0.05, 0) is 35.6 Å². The van der Waals surface area contributed by atoms with Gasteiger partial charge in [0.05, 0.1) is 23.6 Å². The van der Waals surface area contributed by atoms with Gasteiger partial charge >= 0.3 is 5.97 Å². The van der Waals surface area contributed by atoms with Crippen molar-refractivity contribution in [3.63, 3.8) is 0 Å². The quantitative estimate of drug-likeness (QED) is 0.455. The summed E-state index contributed by atoms with van der Waals surface area (Å²) in [6.45, 7) is 2.63. The van der Waals surface area contributed by atoms with Crippen LogP contribution in [0.5, 0.6) is 0 Å². The Morgan fingerprint density at radius 3 is 2.80 bits per heavy atom. The first-order chi connectivity index (χ1) is 14.6. The van der Waals surface area contributed by atoms with Crippen LogP contribution in [-0.4, -0.2) is 47.2 Å². The van der Waals surface area contributed by atoms with E-state index >= 15 is 0 Å². The van der Waals surface area contributed by atoms with Crippen molar-refractivity contribution < 1.29 is 23.5 Å². The summed E-state index contributed by atoms with van der Waals surface area (Å²) in [6.07, 6.45) is 0.741. The predicted molar refractivity (Wildman–Crippen MR) is 111 cm³/mol. The van der Waals surface area contributed by atoms with Gasteiger partial charge < -0.3 is 18.8 Å². The fraction of sp³-hybridized carbons (Fsp3) is 0.333. The first kappa shape index (κ1) is 21.7. The monoisotopic (exact) mass is 429 g/mol. The lowest BCUT2D eigenvalue weighted by atomic mass is 10.1. The molecule has 0 aliphatic carbocycles. The lowest BCUT2D eigenvalue weighted by Crippen LogP contribution is -2.35. The third kappa shape index (κ3) is 5.74. The Hall–Kier alpha value is -3.04. The number of aromatic nitrogens is 2. The molecule has 0 radical (unpaired) electrons. The molecular weight excluding hydrogens is 406 g/mol. The molecule has 3 aromatic rings. The molecular formula is C21H23N3O5S. The number of ether oxygens (including phenoxy) is 2. The summed E-state index contributed by atoms with van der Waals surface area (Å²) in [6, 6.07) is 10.7. The first-order valence-corrected chi connectivity index (χ1v) is 10.4. The smallest absolute Gasteiger partial charge is 0.338 e. The van der Waals surface area contributed by atoms with Crippen LogP contribution in [0.1, 0.15) is 35.2 Å². The molecule has 0 bridgehead atoms. The van der Waals surface area contributed by atoms with Gasteiger partial charge in [0.25, 0.3) is 11.8 Å². The number of methoxy groups -OCH3 is 1. The minimum Gasteiger partial charge on any atom is -0.452 e. The van der Waals surface area contributed by atoms with Gasteiger partial charge in [-0.3, -0.25) is 4.79 Å². The topological polar surface area (TPSA) is 94.8 Å². The standard InChI is InChI=1S/C21H23N3O5S/c1-3-9-24(12-18-22-23-20(29-18)17-8-5-10-30-17)19(25)14-28-21(26)16-7-4-6-15(11-16)13-27-2/h4-8,10-11H,3,9,12-14H2,1-2H3. The van der Waals surface area contributed by atoms with Crippen LogP contribution in [0.25, 0.3) is 10.8 Å². The van der Waals surface area contributed by atoms with Crippen LogP contribution in [0.4, 0.5) is 0 Å². The van der Waals surface area contributed by atoms with Crippen LogP contribution in [-0.2, 0) is 27.4 Å². The van der Waals surface area contributed by atoms with Gasteiger partial charge in [-0.15, -0.1) is 21.5 Å². The number of amides is 1. The van der Waals surface area contributed by atoms with E-state index in [2.05, 4.69) is 10.2 Å². The Morgan fingerprint density at radius 1 is 1.20 bits per heavy atom. The molecule has 0 spiro atoms. The zero-order chi connectivity index (χ0) is 21.3. The van der Waals surface area contributed by atoms with E-state index in [1.807, 2.05) is 30.5 Å². The third-order valence-corrected chi connectivity index (χ3v) is 5.03. The maximum Gasteiger partial charge on any atom is 0.338 e. The summed E-state index contributed by atoms with van der Waals surface area (Å²) in [4.78, 5) is 27.3. The van der Waals surface area contributed by atoms with E-state index in [4.69, 9.17) is 13.9 Å². The van der Waals surface area contributed by atoms with Crippen LogP contribution in [0.3, 0.4) is 0 Å². The van der Waals surface area contributed by atoms with Crippen molar-refractivity contribution in [2.45, 2.75) is 26.5 Å². The van der Waals surface area contributed by atoms with Crippen molar-refractivity contribution in [2.24, 2.45) is 0 Å². The van der Waals surface area contributed by atoms with Crippen molar-refractivity contribution >= 4 is 23.2 Å². The molecule has 2 aromatic heterocycles. The van der Waals surface area contributed by atoms with E-state index in [1.54, 1.807) is 30.2 Å². The first-order valence-electron chi connectivity index (χ1n) is 9.49. The van der Waals surface area contributed by atoms with Gasteiger partial charge in [-0.1, -0.05) is 25.1 Å². The van der Waals surface area contributed by atoms with Crippen LogP contribution >= 0.6 is 11.3 Å². The Balaban J connectivity index is 1.59. The SMILES string of the molecule is CCCN(Cc1nnc(-c2cccs2)o1)C(=O)COC(=O)c1cccc(COC)c1. The van der Waals surface area contributed by atoms with Crippen molar-refractivity contribution in [3.05, 3.63) is 58.8 Å². The Labute approximate surface area is 178 Å². The minimum absolute atomic E-state index is 0.159. The summed E-state index contributed by atoms with van der Waals surface area (Å²) < 4.78 is 15.9. The highest BCUT2D eigenvalue weighted by Crippen LogP contribution is 2.23. The van der Waals surface area contributed by atoms with E-state index in [0.717, 1.165) is 16.9 Å². The number of benzene rings is 1. The van der Waals surface area contributed by atoms with Gasteiger partial charge in [0, 0.05) is 13.7 Å². The van der Waals surface area contributed by atoms with Gasteiger partial charge in [0.15, 0.2) is 6.61 Å². The highest BCUT2D eigenvalue weighted by Gasteiger charge is 2.19. The van der Waals surface area contributed by atoms with Crippen molar-refractivity contribution in [1.82, 2.24) is 15.1 Å². The van der Waals surface area contributed by atoms with Crippen molar-refractivity contribution in [3.8, 4) is 10.8 Å². The molecule has 0 saturated carbocycles. The number of carbonyl (C=O) groups excluding carboxylic acids is 2. The van der Waals surface area contributed by atoms with E-state index in [9.17, 15) is 9.59 Å². The average Bonchev–Trinajstić information content (AvgIpc) is 3.44. The molecule has 0 fully saturated rings. The number of nitrogens with zero attached hydrogens (tertiary/aromatic N) is 3. The Kier molecular flexibility index (Phi) is 7.69. The molecule has 0 saturated heterocycles. The second-order valence-corrected chi connectivity index (χ2v) is 7.45. The van der Waals surface area contributed by atoms with Gasteiger partial charge in [0.2, 0.25) is 5.89 Å². The second-order valence-electron chi connectivity index (χ2n) is 6.50. The zero-order valence-corrected chi connectivity index (χ0v) is 17.7. The summed E-state index contributed by atoms with van der Waals surface area (Å²) in [7, 11) is 1.58. The maximum atomic E-state index is 12.6. The predicted octanol–water partition coefficient (Wildman–Crippen LogP) is 3.54. The normalized spacial score (nSPS) is 10.7. The number of rotatable bonds is 10. The number of hydrogen-bond donors (Lipinski definition) is 0. The average molecular weight is 429 g/mol. The molecule has 0 unspecified atom stereocenters. The van der Waals surface area contributed by atoms with Crippen LogP contribution in [0.15, 0.2) is 46.2 Å². The molecule has 0 aliphatic rings. The molecule has 2 heterocycles. The van der Waals surface area contributed by atoms with E-state index in [-0.39, 0.29) is 19.1 Å². The second kappa shape index (κ2) is 10.7. The van der Waals surface area contributed by atoms with Crippen LogP contribution in [0.2, 0.25) is 0 Å². The molecule has 1 amide bonds. The molecule has 3 rings (SSSR count). The molecule has 0 N–H and O–H groups in total. The lowest BCUT2D eigenvalue weighted by molar-refractivity contribution is -0.135. The minimum atomic E-state index is -0.560. The zero-order valence-electron chi connectivity index (χ0n) is 16.9. The fourth-order valence-electron chi connectivity index (χ4n) is 2.80. The fourth-order valence-corrected chi connectivity index (χ4v) is 3.44. The highest BCUT2D eigenvalue weighted by atomic mass is 32.1. The third-order valence-electron chi connectivity index (χ3n) is 4.17. The molecule has 8 nitrogen and oxygen atoms in total. The summed E-state index contributed by atoms with van der Waals surface area (Å²) in [5.74, 6) is -0.130. The van der Waals surface area contributed by atoms with Gasteiger partial charge in [0.1, 0.15) is 0 Å². The van der Waals surface area contributed by atoms with Crippen LogP contribution in [0, 0.1) is 0 Å². The molecule has 1 aromatic carbocycles. The number of thiophene rings is 1. The number of esters is 1.